The van der Waals surface area contributed by atoms with Gasteiger partial charge in [-0.15, -0.1) is 0 Å². The van der Waals surface area contributed by atoms with E-state index in [1.807, 2.05) is 79.7 Å². The molecule has 0 radical (unpaired) electrons. The fourth-order valence-electron chi connectivity index (χ4n) is 5.04. The first-order valence-corrected chi connectivity index (χ1v) is 9.93. The molecule has 2 aliphatic heterocycles. The fraction of sp³-hybridized carbons (Fsp3) is 0.192. The molecule has 5 rings (SSSR count). The summed E-state index contributed by atoms with van der Waals surface area (Å²) in [6.07, 6.45) is 0. The molecule has 0 amide bonds. The molecule has 1 saturated heterocycles. The summed E-state index contributed by atoms with van der Waals surface area (Å²) in [6, 6.07) is 28.1. The van der Waals surface area contributed by atoms with E-state index in [1.165, 1.54) is 0 Å². The van der Waals surface area contributed by atoms with Gasteiger partial charge in [-0.25, -0.2) is 0 Å². The number of ether oxygens (including phenoxy) is 2. The van der Waals surface area contributed by atoms with Crippen LogP contribution in [0.2, 0.25) is 0 Å². The van der Waals surface area contributed by atoms with Crippen molar-refractivity contribution in [3.63, 3.8) is 0 Å². The lowest BCUT2D eigenvalue weighted by Gasteiger charge is -2.35. The third kappa shape index (κ3) is 2.19. The predicted octanol–water partition coefficient (Wildman–Crippen LogP) is 4.95. The molecule has 3 atom stereocenters. The van der Waals surface area contributed by atoms with Crippen molar-refractivity contribution in [2.45, 2.75) is 18.1 Å². The van der Waals surface area contributed by atoms with Crippen molar-refractivity contribution in [2.75, 3.05) is 6.61 Å². The predicted molar refractivity (Wildman–Crippen MR) is 111 cm³/mol. The maximum Gasteiger partial charge on any atom is 0.316 e. The molecule has 144 valence electrons. The highest BCUT2D eigenvalue weighted by Crippen LogP contribution is 2.68. The van der Waals surface area contributed by atoms with E-state index in [4.69, 9.17) is 9.47 Å². The van der Waals surface area contributed by atoms with Crippen LogP contribution in [0.3, 0.4) is 0 Å². The molecule has 0 unspecified atom stereocenters. The molecule has 2 bridgehead atoms. The second-order valence-corrected chi connectivity index (χ2v) is 7.51. The van der Waals surface area contributed by atoms with Crippen LogP contribution in [0, 0.1) is 5.92 Å². The minimum atomic E-state index is -0.961. The van der Waals surface area contributed by atoms with Crippen molar-refractivity contribution >= 4 is 5.97 Å². The third-order valence-corrected chi connectivity index (χ3v) is 6.13. The highest BCUT2D eigenvalue weighted by molar-refractivity contribution is 5.84. The topological polar surface area (TPSA) is 35.5 Å². The van der Waals surface area contributed by atoms with Crippen LogP contribution in [0.1, 0.15) is 29.2 Å². The first-order chi connectivity index (χ1) is 14.2. The summed E-state index contributed by atoms with van der Waals surface area (Å²) in [5.74, 6) is -0.923. The average Bonchev–Trinajstić information content (AvgIpc) is 3.24. The highest BCUT2D eigenvalue weighted by Gasteiger charge is 2.70. The second kappa shape index (κ2) is 6.43. The average molecular weight is 382 g/mol. The van der Waals surface area contributed by atoms with E-state index in [0.717, 1.165) is 27.8 Å². The SMILES string of the molecule is C=C1[C@H](C(=O)OCC)[C@@]2(c3ccccc3)O[C@]1(c1ccccc1)c1ccccc12. The molecule has 0 aromatic heterocycles. The lowest BCUT2D eigenvalue weighted by Crippen LogP contribution is -2.40. The Kier molecular flexibility index (Phi) is 3.97. The number of carbonyl (C=O) groups is 1. The van der Waals surface area contributed by atoms with Crippen molar-refractivity contribution in [2.24, 2.45) is 5.92 Å². The molecule has 3 aromatic carbocycles. The van der Waals surface area contributed by atoms with E-state index in [2.05, 4.69) is 18.7 Å². The van der Waals surface area contributed by atoms with E-state index in [1.54, 1.807) is 0 Å². The Bertz CT molecular complexity index is 1090. The summed E-state index contributed by atoms with van der Waals surface area (Å²) in [6.45, 7) is 6.55. The Morgan fingerprint density at radius 3 is 2.07 bits per heavy atom. The van der Waals surface area contributed by atoms with E-state index >= 15 is 0 Å². The van der Waals surface area contributed by atoms with Crippen LogP contribution in [0.15, 0.2) is 97.1 Å². The summed E-state index contributed by atoms with van der Waals surface area (Å²) >= 11 is 0. The standard InChI is InChI=1S/C26H22O3/c1-3-28-24(27)23-18(2)25(19-12-6-4-7-13-19)21-16-10-11-17-22(21)26(23,29-25)20-14-8-5-9-15-20/h4-17,23H,2-3H2,1H3/t23-,25-,26+/m1/s1. The van der Waals surface area contributed by atoms with Crippen LogP contribution >= 0.6 is 0 Å². The monoisotopic (exact) mass is 382 g/mol. The molecular formula is C26H22O3. The normalized spacial score (nSPS) is 26.9. The van der Waals surface area contributed by atoms with Crippen molar-refractivity contribution in [1.29, 1.82) is 0 Å². The van der Waals surface area contributed by atoms with Crippen LogP contribution in [-0.2, 0) is 25.5 Å². The molecule has 3 heteroatoms. The summed E-state index contributed by atoms with van der Waals surface area (Å²) in [4.78, 5) is 13.2. The Balaban J connectivity index is 1.85. The van der Waals surface area contributed by atoms with E-state index in [-0.39, 0.29) is 5.97 Å². The Labute approximate surface area is 170 Å². The van der Waals surface area contributed by atoms with Crippen LogP contribution in [0.25, 0.3) is 0 Å². The smallest absolute Gasteiger partial charge is 0.316 e. The number of carbonyl (C=O) groups excluding carboxylic acids is 1. The van der Waals surface area contributed by atoms with E-state index in [9.17, 15) is 4.79 Å². The van der Waals surface area contributed by atoms with Gasteiger partial charge in [-0.2, -0.15) is 0 Å². The van der Waals surface area contributed by atoms with Crippen molar-refractivity contribution in [3.8, 4) is 0 Å². The maximum atomic E-state index is 13.2. The Morgan fingerprint density at radius 2 is 1.45 bits per heavy atom. The first kappa shape index (κ1) is 17.9. The zero-order valence-corrected chi connectivity index (χ0v) is 16.3. The zero-order valence-electron chi connectivity index (χ0n) is 16.3. The fourth-order valence-corrected chi connectivity index (χ4v) is 5.04. The molecule has 2 heterocycles. The summed E-state index contributed by atoms with van der Waals surface area (Å²) in [7, 11) is 0. The van der Waals surface area contributed by atoms with Gasteiger partial charge in [0.15, 0.2) is 0 Å². The molecule has 0 spiro atoms. The molecule has 0 saturated carbocycles. The van der Waals surface area contributed by atoms with Gasteiger partial charge < -0.3 is 9.47 Å². The van der Waals surface area contributed by atoms with Gasteiger partial charge in [0.1, 0.15) is 17.1 Å². The Hall–Kier alpha value is -3.17. The lowest BCUT2D eigenvalue weighted by molar-refractivity contribution is -0.152. The number of esters is 1. The van der Waals surface area contributed by atoms with Gasteiger partial charge in [-0.1, -0.05) is 91.5 Å². The maximum absolute atomic E-state index is 13.2. The van der Waals surface area contributed by atoms with E-state index in [0.29, 0.717) is 6.61 Å². The number of benzene rings is 3. The zero-order chi connectivity index (χ0) is 20.1. The first-order valence-electron chi connectivity index (χ1n) is 9.93. The molecular weight excluding hydrogens is 360 g/mol. The summed E-state index contributed by atoms with van der Waals surface area (Å²) in [5, 5.41) is 0. The molecule has 1 fully saturated rings. The molecule has 0 aliphatic carbocycles. The third-order valence-electron chi connectivity index (χ3n) is 6.13. The van der Waals surface area contributed by atoms with Gasteiger partial charge in [-0.3, -0.25) is 4.79 Å². The van der Waals surface area contributed by atoms with Gasteiger partial charge in [0.25, 0.3) is 0 Å². The molecule has 3 nitrogen and oxygen atoms in total. The number of hydrogen-bond donors (Lipinski definition) is 0. The molecule has 29 heavy (non-hydrogen) atoms. The largest absolute Gasteiger partial charge is 0.465 e. The van der Waals surface area contributed by atoms with Gasteiger partial charge in [0.05, 0.1) is 6.61 Å². The Morgan fingerprint density at radius 1 is 0.897 bits per heavy atom. The van der Waals surface area contributed by atoms with Crippen LogP contribution in [0.4, 0.5) is 0 Å². The van der Waals surface area contributed by atoms with Crippen LogP contribution in [0.5, 0.6) is 0 Å². The minimum Gasteiger partial charge on any atom is -0.465 e. The second-order valence-electron chi connectivity index (χ2n) is 7.51. The number of fused-ring (bicyclic) bond motifs is 5. The van der Waals surface area contributed by atoms with Gasteiger partial charge in [0.2, 0.25) is 0 Å². The molecule has 3 aromatic rings. The highest BCUT2D eigenvalue weighted by atomic mass is 16.6. The summed E-state index contributed by atoms with van der Waals surface area (Å²) < 4.78 is 12.5. The van der Waals surface area contributed by atoms with Crippen molar-refractivity contribution in [3.05, 3.63) is 119 Å². The number of hydrogen-bond acceptors (Lipinski definition) is 3. The molecule has 2 aliphatic rings. The van der Waals surface area contributed by atoms with Gasteiger partial charge in [0, 0.05) is 0 Å². The van der Waals surface area contributed by atoms with Crippen LogP contribution in [-0.4, -0.2) is 12.6 Å². The van der Waals surface area contributed by atoms with Gasteiger partial charge in [-0.05, 0) is 34.8 Å². The van der Waals surface area contributed by atoms with Crippen molar-refractivity contribution < 1.29 is 14.3 Å². The van der Waals surface area contributed by atoms with E-state index < -0.39 is 17.1 Å². The minimum absolute atomic E-state index is 0.298. The quantitative estimate of drug-likeness (QED) is 0.473. The lowest BCUT2D eigenvalue weighted by atomic mass is 9.64. The van der Waals surface area contributed by atoms with Gasteiger partial charge >= 0.3 is 5.97 Å². The van der Waals surface area contributed by atoms with Crippen LogP contribution < -0.4 is 0 Å². The van der Waals surface area contributed by atoms with Crippen molar-refractivity contribution in [1.82, 2.24) is 0 Å². The summed E-state index contributed by atoms with van der Waals surface area (Å²) in [5.41, 5.74) is 2.83. The molecule has 0 N–H and O–H groups in total. The number of rotatable bonds is 4.